The quantitative estimate of drug-likeness (QED) is 0.808. The normalized spacial score (nSPS) is 25.4. The Balaban J connectivity index is 2.81. The highest BCUT2D eigenvalue weighted by Gasteiger charge is 2.42. The van der Waals surface area contributed by atoms with Crippen LogP contribution in [0.2, 0.25) is 0 Å². The summed E-state index contributed by atoms with van der Waals surface area (Å²) in [5.41, 5.74) is 0. The number of carboxylic acid groups (broad SMARTS) is 1. The van der Waals surface area contributed by atoms with Crippen LogP contribution in [0.3, 0.4) is 0 Å². The Morgan fingerprint density at radius 3 is 2.45 bits per heavy atom. The largest absolute Gasteiger partial charge is 0.481 e. The van der Waals surface area contributed by atoms with Crippen LogP contribution in [0, 0.1) is 35.0 Å². The summed E-state index contributed by atoms with van der Waals surface area (Å²) in [4.78, 5) is 25.6. The second kappa shape index (κ2) is 7.28. The summed E-state index contributed by atoms with van der Waals surface area (Å²) in [5, 5.41) is 18.0. The summed E-state index contributed by atoms with van der Waals surface area (Å²) in [6, 6.07) is 2.05. The number of carboxylic acids is 1. The number of hydrogen-bond acceptors (Lipinski definition) is 3. The van der Waals surface area contributed by atoms with Gasteiger partial charge in [-0.1, -0.05) is 20.8 Å². The maximum atomic E-state index is 12.6. The van der Waals surface area contributed by atoms with Gasteiger partial charge in [-0.25, -0.2) is 0 Å². The molecule has 5 heteroatoms. The predicted octanol–water partition coefficient (Wildman–Crippen LogP) is 2.13. The second-order valence-electron chi connectivity index (χ2n) is 6.21. The van der Waals surface area contributed by atoms with Crippen LogP contribution >= 0.6 is 0 Å². The van der Waals surface area contributed by atoms with E-state index in [2.05, 4.69) is 0 Å². The standard InChI is InChI=1S/C15H24N2O3/c1-10(2)9-17(6-4-5-16)14(18)12-7-11(3)8-13(12)15(19)20/h10-13H,4,6-9H2,1-3H3,(H,19,20). The summed E-state index contributed by atoms with van der Waals surface area (Å²) < 4.78 is 0. The van der Waals surface area contributed by atoms with Gasteiger partial charge in [0.25, 0.3) is 0 Å². The molecule has 0 aromatic rings. The Hall–Kier alpha value is -1.57. The third-order valence-electron chi connectivity index (χ3n) is 3.82. The van der Waals surface area contributed by atoms with Gasteiger partial charge >= 0.3 is 5.97 Å². The van der Waals surface area contributed by atoms with Crippen molar-refractivity contribution in [3.05, 3.63) is 0 Å². The first-order chi connectivity index (χ1) is 9.36. The minimum atomic E-state index is -0.877. The second-order valence-corrected chi connectivity index (χ2v) is 6.21. The van der Waals surface area contributed by atoms with Crippen molar-refractivity contribution in [1.29, 1.82) is 5.26 Å². The molecule has 5 nitrogen and oxygen atoms in total. The molecule has 0 aliphatic heterocycles. The summed E-state index contributed by atoms with van der Waals surface area (Å²) in [7, 11) is 0. The Morgan fingerprint density at radius 2 is 1.95 bits per heavy atom. The highest BCUT2D eigenvalue weighted by Crippen LogP contribution is 2.37. The van der Waals surface area contributed by atoms with Crippen molar-refractivity contribution in [3.8, 4) is 6.07 Å². The van der Waals surface area contributed by atoms with Crippen LogP contribution in [-0.4, -0.2) is 35.0 Å². The molecule has 3 atom stereocenters. The average molecular weight is 280 g/mol. The zero-order chi connectivity index (χ0) is 15.3. The Morgan fingerprint density at radius 1 is 1.35 bits per heavy atom. The Kier molecular flexibility index (Phi) is 6.00. The SMILES string of the molecule is CC(C)CN(CCC#N)C(=O)C1CC(C)CC1C(=O)O. The first kappa shape index (κ1) is 16.5. The van der Waals surface area contributed by atoms with Gasteiger partial charge < -0.3 is 10.0 Å². The molecule has 1 amide bonds. The van der Waals surface area contributed by atoms with Crippen LogP contribution in [0.5, 0.6) is 0 Å². The van der Waals surface area contributed by atoms with E-state index in [1.807, 2.05) is 26.8 Å². The number of hydrogen-bond donors (Lipinski definition) is 1. The maximum absolute atomic E-state index is 12.6. The Labute approximate surface area is 120 Å². The van der Waals surface area contributed by atoms with Gasteiger partial charge in [0.2, 0.25) is 5.91 Å². The van der Waals surface area contributed by atoms with Crippen molar-refractivity contribution in [2.75, 3.05) is 13.1 Å². The summed E-state index contributed by atoms with van der Waals surface area (Å²) in [6.07, 6.45) is 1.49. The van der Waals surface area contributed by atoms with Crippen LogP contribution < -0.4 is 0 Å². The number of carbonyl (C=O) groups excluding carboxylic acids is 1. The van der Waals surface area contributed by atoms with Crippen LogP contribution in [0.25, 0.3) is 0 Å². The minimum Gasteiger partial charge on any atom is -0.481 e. The van der Waals surface area contributed by atoms with Crippen molar-refractivity contribution in [2.24, 2.45) is 23.7 Å². The van der Waals surface area contributed by atoms with E-state index in [1.165, 1.54) is 0 Å². The molecule has 1 aliphatic carbocycles. The van der Waals surface area contributed by atoms with E-state index in [1.54, 1.807) is 4.90 Å². The topological polar surface area (TPSA) is 81.4 Å². The van der Waals surface area contributed by atoms with Crippen molar-refractivity contribution in [2.45, 2.75) is 40.0 Å². The van der Waals surface area contributed by atoms with Crippen LogP contribution in [0.4, 0.5) is 0 Å². The molecular formula is C15H24N2O3. The molecule has 1 saturated carbocycles. The van der Waals surface area contributed by atoms with Crippen molar-refractivity contribution >= 4 is 11.9 Å². The number of aliphatic carboxylic acids is 1. The van der Waals surface area contributed by atoms with Gasteiger partial charge in [0.1, 0.15) is 0 Å². The number of nitriles is 1. The van der Waals surface area contributed by atoms with Gasteiger partial charge in [-0.2, -0.15) is 5.26 Å². The van der Waals surface area contributed by atoms with Gasteiger partial charge in [0, 0.05) is 13.1 Å². The molecule has 0 aromatic carbocycles. The van der Waals surface area contributed by atoms with Crippen LogP contribution in [0.15, 0.2) is 0 Å². The molecular weight excluding hydrogens is 256 g/mol. The monoisotopic (exact) mass is 280 g/mol. The fourth-order valence-corrected chi connectivity index (χ4v) is 2.99. The summed E-state index contributed by atoms with van der Waals surface area (Å²) >= 11 is 0. The highest BCUT2D eigenvalue weighted by molar-refractivity contribution is 5.85. The van der Waals surface area contributed by atoms with Crippen molar-refractivity contribution in [3.63, 3.8) is 0 Å². The van der Waals surface area contributed by atoms with E-state index in [-0.39, 0.29) is 11.8 Å². The molecule has 1 aliphatic rings. The van der Waals surface area contributed by atoms with Crippen molar-refractivity contribution in [1.82, 2.24) is 4.90 Å². The molecule has 0 bridgehead atoms. The third-order valence-corrected chi connectivity index (χ3v) is 3.82. The molecule has 0 saturated heterocycles. The first-order valence-electron chi connectivity index (χ1n) is 7.25. The molecule has 0 heterocycles. The van der Waals surface area contributed by atoms with E-state index in [4.69, 9.17) is 5.26 Å². The zero-order valence-corrected chi connectivity index (χ0v) is 12.5. The zero-order valence-electron chi connectivity index (χ0n) is 12.5. The van der Waals surface area contributed by atoms with Crippen LogP contribution in [0.1, 0.15) is 40.0 Å². The third kappa shape index (κ3) is 4.22. The van der Waals surface area contributed by atoms with E-state index in [0.717, 1.165) is 0 Å². The van der Waals surface area contributed by atoms with Gasteiger partial charge in [-0.3, -0.25) is 9.59 Å². The molecule has 0 radical (unpaired) electrons. The van der Waals surface area contributed by atoms with E-state index in [0.29, 0.717) is 38.3 Å². The lowest BCUT2D eigenvalue weighted by atomic mass is 9.94. The van der Waals surface area contributed by atoms with Gasteiger partial charge in [0.15, 0.2) is 0 Å². The van der Waals surface area contributed by atoms with Gasteiger partial charge in [-0.05, 0) is 24.7 Å². The molecule has 0 aromatic heterocycles. The molecule has 1 rings (SSSR count). The molecule has 3 unspecified atom stereocenters. The molecule has 20 heavy (non-hydrogen) atoms. The average Bonchev–Trinajstić information content (AvgIpc) is 2.75. The fraction of sp³-hybridized carbons (Fsp3) is 0.800. The smallest absolute Gasteiger partial charge is 0.307 e. The minimum absolute atomic E-state index is 0.0919. The van der Waals surface area contributed by atoms with E-state index in [9.17, 15) is 14.7 Å². The van der Waals surface area contributed by atoms with E-state index < -0.39 is 17.8 Å². The first-order valence-corrected chi connectivity index (χ1v) is 7.25. The Bertz CT molecular complexity index is 400. The predicted molar refractivity (Wildman–Crippen MR) is 74.7 cm³/mol. The molecule has 0 spiro atoms. The highest BCUT2D eigenvalue weighted by atomic mass is 16.4. The van der Waals surface area contributed by atoms with Crippen molar-refractivity contribution < 1.29 is 14.7 Å². The fourth-order valence-electron chi connectivity index (χ4n) is 2.99. The van der Waals surface area contributed by atoms with Gasteiger partial charge in [-0.15, -0.1) is 0 Å². The number of amides is 1. The number of nitrogens with zero attached hydrogens (tertiary/aromatic N) is 2. The van der Waals surface area contributed by atoms with Gasteiger partial charge in [0.05, 0.1) is 24.3 Å². The van der Waals surface area contributed by atoms with Crippen LogP contribution in [-0.2, 0) is 9.59 Å². The summed E-state index contributed by atoms with van der Waals surface area (Å²) in [5.74, 6) is -1.40. The lowest BCUT2D eigenvalue weighted by Gasteiger charge is -2.28. The lowest BCUT2D eigenvalue weighted by molar-refractivity contribution is -0.149. The number of carbonyl (C=O) groups is 2. The molecule has 1 fully saturated rings. The number of rotatable bonds is 6. The molecule has 1 N–H and O–H groups in total. The lowest BCUT2D eigenvalue weighted by Crippen LogP contribution is -2.41. The summed E-state index contributed by atoms with van der Waals surface area (Å²) in [6.45, 7) is 6.99. The maximum Gasteiger partial charge on any atom is 0.307 e. The van der Waals surface area contributed by atoms with E-state index >= 15 is 0 Å². The molecule has 112 valence electrons.